The summed E-state index contributed by atoms with van der Waals surface area (Å²) < 4.78 is 23.9. The zero-order chi connectivity index (χ0) is 10.6. The Bertz CT molecular complexity index is 226. The molecular formula is C8H11F2NO2. The van der Waals surface area contributed by atoms with Gasteiger partial charge >= 0.3 is 0 Å². The van der Waals surface area contributed by atoms with Crippen molar-refractivity contribution in [3.63, 3.8) is 0 Å². The van der Waals surface area contributed by atoms with Gasteiger partial charge in [-0.15, -0.1) is 0 Å². The Kier molecular flexibility index (Phi) is 4.40. The Morgan fingerprint density at radius 1 is 1.38 bits per heavy atom. The van der Waals surface area contributed by atoms with Crippen LogP contribution in [-0.2, 0) is 9.59 Å². The highest BCUT2D eigenvalue weighted by molar-refractivity contribution is 6.11. The number of hydrogen-bond acceptors (Lipinski definition) is 3. The Morgan fingerprint density at radius 2 is 1.85 bits per heavy atom. The number of carbonyl (C=O) groups is 2. The zero-order valence-corrected chi connectivity index (χ0v) is 7.46. The van der Waals surface area contributed by atoms with Gasteiger partial charge in [-0.25, -0.2) is 8.78 Å². The van der Waals surface area contributed by atoms with Crippen molar-refractivity contribution < 1.29 is 18.4 Å². The molecule has 0 aliphatic rings. The molecule has 3 nitrogen and oxygen atoms in total. The summed E-state index contributed by atoms with van der Waals surface area (Å²) in [6, 6.07) is -1.42. The standard InChI is InChI=1S/C8H11F2NO2/c1-4-5(12)6(11(2)3)7(13)8(9)10/h4,6,8H,1H2,2-3H3. The van der Waals surface area contributed by atoms with Crippen LogP contribution in [0, 0.1) is 0 Å². The van der Waals surface area contributed by atoms with Crippen molar-refractivity contribution in [3.8, 4) is 0 Å². The molecule has 13 heavy (non-hydrogen) atoms. The second-order valence-corrected chi connectivity index (χ2v) is 2.68. The van der Waals surface area contributed by atoms with Crippen molar-refractivity contribution in [2.24, 2.45) is 0 Å². The van der Waals surface area contributed by atoms with Gasteiger partial charge in [-0.2, -0.15) is 0 Å². The molecule has 0 heterocycles. The predicted octanol–water partition coefficient (Wildman–Crippen LogP) is 0.506. The van der Waals surface area contributed by atoms with Crippen LogP contribution in [0.15, 0.2) is 12.7 Å². The first-order valence-corrected chi connectivity index (χ1v) is 3.56. The number of Topliss-reactive ketones (excluding diaryl/α,β-unsaturated/α-hetero) is 1. The highest BCUT2D eigenvalue weighted by Crippen LogP contribution is 2.05. The highest BCUT2D eigenvalue weighted by atomic mass is 19.3. The number of ketones is 2. The molecule has 0 saturated heterocycles. The summed E-state index contributed by atoms with van der Waals surface area (Å²) in [4.78, 5) is 22.9. The second kappa shape index (κ2) is 4.81. The van der Waals surface area contributed by atoms with Crippen LogP contribution in [0.3, 0.4) is 0 Å². The lowest BCUT2D eigenvalue weighted by atomic mass is 10.1. The third kappa shape index (κ3) is 3.02. The van der Waals surface area contributed by atoms with Crippen LogP contribution in [-0.4, -0.2) is 43.0 Å². The first-order valence-electron chi connectivity index (χ1n) is 3.56. The molecule has 0 N–H and O–H groups in total. The lowest BCUT2D eigenvalue weighted by Crippen LogP contribution is -2.44. The van der Waals surface area contributed by atoms with Gasteiger partial charge in [-0.3, -0.25) is 14.5 Å². The van der Waals surface area contributed by atoms with Crippen LogP contribution in [0.4, 0.5) is 8.78 Å². The number of rotatable bonds is 5. The van der Waals surface area contributed by atoms with Gasteiger partial charge in [0.15, 0.2) is 5.78 Å². The van der Waals surface area contributed by atoms with Crippen LogP contribution in [0.5, 0.6) is 0 Å². The fourth-order valence-electron chi connectivity index (χ4n) is 0.880. The first kappa shape index (κ1) is 11.9. The molecule has 0 saturated carbocycles. The summed E-state index contributed by atoms with van der Waals surface area (Å²) in [7, 11) is 2.76. The Morgan fingerprint density at radius 3 is 2.08 bits per heavy atom. The van der Waals surface area contributed by atoms with Crippen molar-refractivity contribution in [1.82, 2.24) is 4.90 Å². The molecule has 0 aliphatic heterocycles. The summed E-state index contributed by atoms with van der Waals surface area (Å²) in [5, 5.41) is 0. The number of nitrogens with zero attached hydrogens (tertiary/aromatic N) is 1. The van der Waals surface area contributed by atoms with Crippen molar-refractivity contribution >= 4 is 11.6 Å². The topological polar surface area (TPSA) is 37.4 Å². The van der Waals surface area contributed by atoms with Gasteiger partial charge in [-0.05, 0) is 20.2 Å². The number of carbonyl (C=O) groups excluding carboxylic acids is 2. The van der Waals surface area contributed by atoms with E-state index in [1.54, 1.807) is 0 Å². The van der Waals surface area contributed by atoms with E-state index >= 15 is 0 Å². The minimum Gasteiger partial charge on any atom is -0.293 e. The molecule has 0 aromatic rings. The first-order chi connectivity index (χ1) is 5.91. The van der Waals surface area contributed by atoms with E-state index in [1.165, 1.54) is 14.1 Å². The largest absolute Gasteiger partial charge is 0.298 e. The van der Waals surface area contributed by atoms with Gasteiger partial charge in [0.1, 0.15) is 6.04 Å². The normalized spacial score (nSPS) is 13.1. The third-order valence-corrected chi connectivity index (χ3v) is 1.47. The molecule has 0 aromatic carbocycles. The van der Waals surface area contributed by atoms with Crippen molar-refractivity contribution in [2.45, 2.75) is 12.5 Å². The smallest absolute Gasteiger partial charge is 0.293 e. The molecule has 74 valence electrons. The average Bonchev–Trinajstić information content (AvgIpc) is 2.03. The van der Waals surface area contributed by atoms with E-state index in [0.29, 0.717) is 0 Å². The monoisotopic (exact) mass is 191 g/mol. The Balaban J connectivity index is 4.71. The molecular weight excluding hydrogens is 180 g/mol. The summed E-state index contributed by atoms with van der Waals surface area (Å²) >= 11 is 0. The number of hydrogen-bond donors (Lipinski definition) is 0. The summed E-state index contributed by atoms with van der Waals surface area (Å²) in [5.74, 6) is -2.11. The minimum atomic E-state index is -3.13. The number of alkyl halides is 2. The summed E-state index contributed by atoms with van der Waals surface area (Å²) in [5.41, 5.74) is 0. The Hall–Kier alpha value is -1.10. The summed E-state index contributed by atoms with van der Waals surface area (Å²) in [6.45, 7) is 3.13. The fraction of sp³-hybridized carbons (Fsp3) is 0.500. The van der Waals surface area contributed by atoms with Gasteiger partial charge in [0.25, 0.3) is 6.43 Å². The van der Waals surface area contributed by atoms with Gasteiger partial charge in [-0.1, -0.05) is 6.58 Å². The van der Waals surface area contributed by atoms with E-state index in [4.69, 9.17) is 0 Å². The molecule has 5 heteroatoms. The highest BCUT2D eigenvalue weighted by Gasteiger charge is 2.32. The maximum absolute atomic E-state index is 12.0. The predicted molar refractivity (Wildman–Crippen MR) is 43.7 cm³/mol. The van der Waals surface area contributed by atoms with Crippen LogP contribution < -0.4 is 0 Å². The van der Waals surface area contributed by atoms with Crippen LogP contribution in [0.25, 0.3) is 0 Å². The van der Waals surface area contributed by atoms with E-state index in [2.05, 4.69) is 6.58 Å². The second-order valence-electron chi connectivity index (χ2n) is 2.68. The number of halogens is 2. The van der Waals surface area contributed by atoms with E-state index in [9.17, 15) is 18.4 Å². The van der Waals surface area contributed by atoms with E-state index in [0.717, 1.165) is 11.0 Å². The SMILES string of the molecule is C=CC(=O)C(C(=O)C(F)F)N(C)C. The molecule has 0 aromatic heterocycles. The lowest BCUT2D eigenvalue weighted by molar-refractivity contribution is -0.139. The Labute approximate surface area is 75.0 Å². The molecule has 0 amide bonds. The molecule has 0 radical (unpaired) electrons. The number of likely N-dealkylation sites (N-methyl/N-ethyl adjacent to an activating group) is 1. The third-order valence-electron chi connectivity index (χ3n) is 1.47. The quantitative estimate of drug-likeness (QED) is 0.469. The van der Waals surface area contributed by atoms with Crippen LogP contribution in [0.2, 0.25) is 0 Å². The molecule has 0 fully saturated rings. The molecule has 1 unspecified atom stereocenters. The molecule has 0 aliphatic carbocycles. The molecule has 0 bridgehead atoms. The van der Waals surface area contributed by atoms with Gasteiger partial charge in [0.05, 0.1) is 0 Å². The van der Waals surface area contributed by atoms with E-state index in [-0.39, 0.29) is 0 Å². The minimum absolute atomic E-state index is 0.713. The van der Waals surface area contributed by atoms with E-state index < -0.39 is 24.0 Å². The average molecular weight is 191 g/mol. The van der Waals surface area contributed by atoms with Gasteiger partial charge in [0, 0.05) is 0 Å². The maximum atomic E-state index is 12.0. The lowest BCUT2D eigenvalue weighted by Gasteiger charge is -2.19. The molecule has 0 spiro atoms. The van der Waals surface area contributed by atoms with Crippen LogP contribution in [0.1, 0.15) is 0 Å². The fourth-order valence-corrected chi connectivity index (χ4v) is 0.880. The van der Waals surface area contributed by atoms with Crippen molar-refractivity contribution in [3.05, 3.63) is 12.7 Å². The van der Waals surface area contributed by atoms with Gasteiger partial charge < -0.3 is 0 Å². The van der Waals surface area contributed by atoms with Gasteiger partial charge in [0.2, 0.25) is 5.78 Å². The van der Waals surface area contributed by atoms with Crippen molar-refractivity contribution in [1.29, 1.82) is 0 Å². The molecule has 1 atom stereocenters. The zero-order valence-electron chi connectivity index (χ0n) is 7.46. The summed E-state index contributed by atoms with van der Waals surface area (Å²) in [6.07, 6.45) is -2.26. The van der Waals surface area contributed by atoms with E-state index in [1.807, 2.05) is 0 Å². The molecule has 0 rings (SSSR count). The van der Waals surface area contributed by atoms with Crippen LogP contribution >= 0.6 is 0 Å². The maximum Gasteiger partial charge on any atom is 0.298 e. The van der Waals surface area contributed by atoms with Crippen molar-refractivity contribution in [2.75, 3.05) is 14.1 Å².